The number of pyridine rings is 2. The molecule has 4 rings (SSSR count). The van der Waals surface area contributed by atoms with Gasteiger partial charge in [0.25, 0.3) is 11.5 Å². The lowest BCUT2D eigenvalue weighted by Crippen LogP contribution is -2.35. The first-order chi connectivity index (χ1) is 18.1. The molecule has 11 heteroatoms. The van der Waals surface area contributed by atoms with Gasteiger partial charge in [-0.25, -0.2) is 0 Å². The summed E-state index contributed by atoms with van der Waals surface area (Å²) < 4.78 is 81.8. The van der Waals surface area contributed by atoms with Crippen LogP contribution in [0.2, 0.25) is 0 Å². The number of carbonyl (C=O) groups is 1. The summed E-state index contributed by atoms with van der Waals surface area (Å²) in [6.45, 7) is 3.19. The molecule has 4 aromatic rings. The van der Waals surface area contributed by atoms with E-state index in [9.17, 15) is 35.9 Å². The van der Waals surface area contributed by atoms with E-state index in [2.05, 4.69) is 4.98 Å². The van der Waals surface area contributed by atoms with Crippen LogP contribution in [0.1, 0.15) is 45.7 Å². The number of aryl methyl sites for hydroxylation is 1. The molecule has 0 radical (unpaired) electrons. The average Bonchev–Trinajstić information content (AvgIpc) is 2.88. The van der Waals surface area contributed by atoms with Crippen LogP contribution in [0.5, 0.6) is 0 Å². The monoisotopic (exact) mass is 547 g/mol. The molecule has 0 saturated carbocycles. The number of hydrogen-bond acceptors (Lipinski definition) is 3. The Balaban J connectivity index is 1.91. The van der Waals surface area contributed by atoms with Crippen LogP contribution in [0.3, 0.4) is 0 Å². The van der Waals surface area contributed by atoms with Crippen molar-refractivity contribution < 1.29 is 31.1 Å². The zero-order valence-corrected chi connectivity index (χ0v) is 21.3. The zero-order valence-electron chi connectivity index (χ0n) is 21.3. The summed E-state index contributed by atoms with van der Waals surface area (Å²) in [5.41, 5.74) is -2.00. The van der Waals surface area contributed by atoms with Gasteiger partial charge in [0.15, 0.2) is 0 Å². The van der Waals surface area contributed by atoms with Gasteiger partial charge in [0.1, 0.15) is 11.2 Å². The summed E-state index contributed by atoms with van der Waals surface area (Å²) in [6.07, 6.45) is -8.64. The molecule has 0 bridgehead atoms. The van der Waals surface area contributed by atoms with Crippen LogP contribution in [-0.2, 0) is 19.4 Å². The Morgan fingerprint density at radius 1 is 0.949 bits per heavy atom. The molecule has 1 atom stereocenters. The summed E-state index contributed by atoms with van der Waals surface area (Å²) in [7, 11) is 2.63. The first kappa shape index (κ1) is 27.9. The summed E-state index contributed by atoms with van der Waals surface area (Å²) in [5.74, 6) is -0.769. The second-order valence-electron chi connectivity index (χ2n) is 9.28. The van der Waals surface area contributed by atoms with E-state index in [-0.39, 0.29) is 22.8 Å². The fourth-order valence-electron chi connectivity index (χ4n) is 4.38. The van der Waals surface area contributed by atoms with E-state index < -0.39 is 41.0 Å². The third-order valence-corrected chi connectivity index (χ3v) is 6.69. The van der Waals surface area contributed by atoms with Crippen molar-refractivity contribution in [2.45, 2.75) is 32.2 Å². The first-order valence-electron chi connectivity index (χ1n) is 11.7. The smallest absolute Gasteiger partial charge is 0.334 e. The fraction of sp³-hybridized carbons (Fsp3) is 0.250. The minimum atomic E-state index is -5.04. The Hall–Kier alpha value is -4.15. The number of benzene rings is 2. The van der Waals surface area contributed by atoms with E-state index in [1.165, 1.54) is 27.2 Å². The predicted molar refractivity (Wildman–Crippen MR) is 134 cm³/mol. The molecule has 2 heterocycles. The molecule has 5 nitrogen and oxygen atoms in total. The van der Waals surface area contributed by atoms with Gasteiger partial charge in [0, 0.05) is 31.2 Å². The molecule has 0 saturated heterocycles. The molecule has 0 N–H and O–H groups in total. The van der Waals surface area contributed by atoms with Gasteiger partial charge in [-0.3, -0.25) is 14.6 Å². The van der Waals surface area contributed by atoms with Crippen LogP contribution < -0.4 is 5.56 Å². The maximum atomic E-state index is 13.9. The summed E-state index contributed by atoms with van der Waals surface area (Å²) in [5, 5.41) is 0.382. The van der Waals surface area contributed by atoms with Gasteiger partial charge in [-0.1, -0.05) is 35.9 Å². The van der Waals surface area contributed by atoms with Crippen LogP contribution in [0.4, 0.5) is 26.3 Å². The van der Waals surface area contributed by atoms with Crippen molar-refractivity contribution in [3.8, 4) is 11.1 Å². The first-order valence-corrected chi connectivity index (χ1v) is 11.7. The molecular weight excluding hydrogens is 524 g/mol. The molecule has 2 aromatic heterocycles. The van der Waals surface area contributed by atoms with Crippen molar-refractivity contribution in [2.75, 3.05) is 7.05 Å². The zero-order chi connectivity index (χ0) is 28.9. The topological polar surface area (TPSA) is 55.2 Å². The molecule has 204 valence electrons. The number of aromatic nitrogens is 2. The van der Waals surface area contributed by atoms with Gasteiger partial charge in [-0.2, -0.15) is 26.3 Å². The summed E-state index contributed by atoms with van der Waals surface area (Å²) >= 11 is 0. The number of amides is 1. The maximum absolute atomic E-state index is 13.9. The molecule has 0 spiro atoms. The van der Waals surface area contributed by atoms with Crippen LogP contribution in [-0.4, -0.2) is 27.4 Å². The number of fused-ring (bicyclic) bond motifs is 1. The summed E-state index contributed by atoms with van der Waals surface area (Å²) in [4.78, 5) is 32.2. The second-order valence-corrected chi connectivity index (χ2v) is 9.28. The lowest BCUT2D eigenvalue weighted by atomic mass is 9.96. The van der Waals surface area contributed by atoms with E-state index in [1.807, 2.05) is 19.1 Å². The maximum Gasteiger partial charge on any atom is 0.416 e. The molecule has 1 unspecified atom stereocenters. The van der Waals surface area contributed by atoms with Crippen molar-refractivity contribution in [3.63, 3.8) is 0 Å². The number of carbonyl (C=O) groups excluding carboxylic acids is 1. The average molecular weight is 547 g/mol. The van der Waals surface area contributed by atoms with Crippen LogP contribution in [0.25, 0.3) is 22.0 Å². The van der Waals surface area contributed by atoms with E-state index in [4.69, 9.17) is 0 Å². The Kier molecular flexibility index (Phi) is 7.05. The van der Waals surface area contributed by atoms with E-state index in [0.29, 0.717) is 28.6 Å². The van der Waals surface area contributed by atoms with Gasteiger partial charge in [0.05, 0.1) is 17.2 Å². The molecule has 1 amide bonds. The minimum absolute atomic E-state index is 0.0353. The Bertz CT molecular complexity index is 1590. The Labute approximate surface area is 219 Å². The SMILES string of the molecule is Cc1ccc(-c2c(C(=O)N(C)C(C)c3cc(C(F)(F)F)cc(C(F)(F)F)c3)n(C)c(=O)c3ncccc23)cc1. The fourth-order valence-corrected chi connectivity index (χ4v) is 4.38. The molecule has 0 aliphatic carbocycles. The standard InChI is InChI=1S/C28H23F6N3O2/c1-15-7-9-17(10-8-15)22-21-6-5-11-35-23(21)25(38)37(4)24(22)26(39)36(3)16(2)18-12-19(27(29,30)31)14-20(13-18)28(32,33)34/h5-14,16H,1-4H3. The van der Waals surface area contributed by atoms with Gasteiger partial charge in [-0.15, -0.1) is 0 Å². The third kappa shape index (κ3) is 5.25. The van der Waals surface area contributed by atoms with Crippen LogP contribution in [0, 0.1) is 6.92 Å². The normalized spacial score (nSPS) is 13.0. The quantitative estimate of drug-likeness (QED) is 0.265. The highest BCUT2D eigenvalue weighted by atomic mass is 19.4. The van der Waals surface area contributed by atoms with Gasteiger partial charge >= 0.3 is 12.4 Å². The number of hydrogen-bond donors (Lipinski definition) is 0. The van der Waals surface area contributed by atoms with Gasteiger partial charge in [-0.05, 0) is 49.2 Å². The van der Waals surface area contributed by atoms with Crippen molar-refractivity contribution in [2.24, 2.45) is 7.05 Å². The largest absolute Gasteiger partial charge is 0.416 e. The number of rotatable bonds is 4. The van der Waals surface area contributed by atoms with Crippen molar-refractivity contribution in [3.05, 3.63) is 99.1 Å². The second kappa shape index (κ2) is 9.87. The lowest BCUT2D eigenvalue weighted by molar-refractivity contribution is -0.143. The van der Waals surface area contributed by atoms with Gasteiger partial charge in [0.2, 0.25) is 0 Å². The molecule has 2 aromatic carbocycles. The van der Waals surface area contributed by atoms with Crippen molar-refractivity contribution >= 4 is 16.8 Å². The van der Waals surface area contributed by atoms with E-state index in [0.717, 1.165) is 15.0 Å². The van der Waals surface area contributed by atoms with E-state index in [1.54, 1.807) is 24.3 Å². The highest BCUT2D eigenvalue weighted by molar-refractivity contribution is 6.07. The molecule has 0 aliphatic heterocycles. The molecule has 0 fully saturated rings. The number of nitrogens with zero attached hydrogens (tertiary/aromatic N) is 3. The minimum Gasteiger partial charge on any atom is -0.334 e. The molecule has 0 aliphatic rings. The highest BCUT2D eigenvalue weighted by Gasteiger charge is 2.38. The Morgan fingerprint density at radius 2 is 1.51 bits per heavy atom. The summed E-state index contributed by atoms with van der Waals surface area (Å²) in [6, 6.07) is 10.4. The third-order valence-electron chi connectivity index (χ3n) is 6.69. The molecular formula is C28H23F6N3O2. The van der Waals surface area contributed by atoms with Crippen LogP contribution >= 0.6 is 0 Å². The van der Waals surface area contributed by atoms with Crippen molar-refractivity contribution in [1.29, 1.82) is 0 Å². The number of alkyl halides is 6. The predicted octanol–water partition coefficient (Wildman–Crippen LogP) is 6.78. The highest BCUT2D eigenvalue weighted by Crippen LogP contribution is 2.39. The number of halogens is 6. The molecule has 39 heavy (non-hydrogen) atoms. The van der Waals surface area contributed by atoms with Gasteiger partial charge < -0.3 is 9.47 Å². The van der Waals surface area contributed by atoms with Crippen molar-refractivity contribution in [1.82, 2.24) is 14.5 Å². The Morgan fingerprint density at radius 3 is 2.05 bits per heavy atom. The lowest BCUT2D eigenvalue weighted by Gasteiger charge is -2.28. The van der Waals surface area contributed by atoms with E-state index >= 15 is 0 Å². The van der Waals surface area contributed by atoms with Crippen LogP contribution in [0.15, 0.2) is 65.6 Å².